The molecule has 1 unspecified atom stereocenters. The highest BCUT2D eigenvalue weighted by molar-refractivity contribution is 6.30. The molecule has 0 aliphatic carbocycles. The molecule has 2 aromatic carbocycles. The van der Waals surface area contributed by atoms with Crippen LogP contribution >= 0.6 is 11.6 Å². The molecule has 0 aromatic heterocycles. The average Bonchev–Trinajstić information content (AvgIpc) is 2.68. The predicted molar refractivity (Wildman–Crippen MR) is 110 cm³/mol. The summed E-state index contributed by atoms with van der Waals surface area (Å²) < 4.78 is 14.2. The highest BCUT2D eigenvalue weighted by Gasteiger charge is 2.42. The highest BCUT2D eigenvalue weighted by Crippen LogP contribution is 2.44. The number of carbonyl (C=O) groups is 1. The molecule has 2 aliphatic heterocycles. The monoisotopic (exact) mass is 400 g/mol. The smallest absolute Gasteiger partial charge is 0.256 e. The Morgan fingerprint density at radius 3 is 2.54 bits per heavy atom. The van der Waals surface area contributed by atoms with Gasteiger partial charge in [0.15, 0.2) is 0 Å². The summed E-state index contributed by atoms with van der Waals surface area (Å²) in [5, 5.41) is 0.309. The predicted octanol–water partition coefficient (Wildman–Crippen LogP) is 4.82. The molecule has 5 heteroatoms. The Morgan fingerprint density at radius 2 is 1.86 bits per heavy atom. The fourth-order valence-corrected chi connectivity index (χ4v) is 5.15. The molecule has 148 valence electrons. The minimum atomic E-state index is -0.542. The van der Waals surface area contributed by atoms with E-state index in [1.54, 1.807) is 11.0 Å². The first-order chi connectivity index (χ1) is 13.5. The van der Waals surface area contributed by atoms with Gasteiger partial charge in [0.1, 0.15) is 5.82 Å². The van der Waals surface area contributed by atoms with Gasteiger partial charge < -0.3 is 9.80 Å². The lowest BCUT2D eigenvalue weighted by molar-refractivity contribution is 0.0222. The van der Waals surface area contributed by atoms with Gasteiger partial charge in [-0.25, -0.2) is 4.39 Å². The van der Waals surface area contributed by atoms with E-state index < -0.39 is 5.82 Å². The summed E-state index contributed by atoms with van der Waals surface area (Å²) in [7, 11) is 2.19. The number of amides is 1. The van der Waals surface area contributed by atoms with Crippen LogP contribution in [-0.2, 0) is 0 Å². The molecule has 2 aliphatic rings. The lowest BCUT2D eigenvalue weighted by atomic mass is 9.68. The van der Waals surface area contributed by atoms with Crippen LogP contribution in [0.2, 0.25) is 5.02 Å². The Balaban J connectivity index is 1.45. The first-order valence-corrected chi connectivity index (χ1v) is 10.3. The fourth-order valence-electron chi connectivity index (χ4n) is 4.99. The molecular formula is C23H26ClFN2O. The molecule has 3 nitrogen and oxygen atoms in total. The Morgan fingerprint density at radius 1 is 1.14 bits per heavy atom. The summed E-state index contributed by atoms with van der Waals surface area (Å²) in [6.45, 7) is 3.49. The summed E-state index contributed by atoms with van der Waals surface area (Å²) in [6, 6.07) is 15.0. The van der Waals surface area contributed by atoms with Crippen molar-refractivity contribution < 1.29 is 9.18 Å². The Kier molecular flexibility index (Phi) is 5.44. The number of likely N-dealkylation sites (tertiary alicyclic amines) is 2. The normalized spacial score (nSPS) is 22.4. The van der Waals surface area contributed by atoms with Crippen molar-refractivity contribution in [2.75, 3.05) is 33.2 Å². The first-order valence-electron chi connectivity index (χ1n) is 9.94. The molecule has 28 heavy (non-hydrogen) atoms. The molecule has 0 saturated carbocycles. The van der Waals surface area contributed by atoms with Gasteiger partial charge in [0.25, 0.3) is 5.91 Å². The van der Waals surface area contributed by atoms with Crippen LogP contribution in [0.3, 0.4) is 0 Å². The maximum absolute atomic E-state index is 14.2. The average molecular weight is 401 g/mol. The van der Waals surface area contributed by atoms with Gasteiger partial charge in [-0.2, -0.15) is 0 Å². The highest BCUT2D eigenvalue weighted by atomic mass is 35.5. The largest absolute Gasteiger partial charge is 0.339 e. The van der Waals surface area contributed by atoms with Gasteiger partial charge in [-0.15, -0.1) is 0 Å². The van der Waals surface area contributed by atoms with Crippen LogP contribution in [0.5, 0.6) is 0 Å². The molecular weight excluding hydrogens is 375 g/mol. The van der Waals surface area contributed by atoms with Crippen molar-refractivity contribution in [3.05, 3.63) is 70.5 Å². The zero-order valence-electron chi connectivity index (χ0n) is 16.2. The van der Waals surface area contributed by atoms with Crippen molar-refractivity contribution in [1.82, 2.24) is 9.80 Å². The molecule has 0 bridgehead atoms. The van der Waals surface area contributed by atoms with E-state index in [0.717, 1.165) is 32.4 Å². The van der Waals surface area contributed by atoms with E-state index in [2.05, 4.69) is 42.3 Å². The van der Waals surface area contributed by atoms with Gasteiger partial charge >= 0.3 is 0 Å². The first kappa shape index (κ1) is 19.4. The van der Waals surface area contributed by atoms with E-state index in [1.165, 1.54) is 17.7 Å². The van der Waals surface area contributed by atoms with Gasteiger partial charge in [-0.05, 0) is 61.4 Å². The third-order valence-corrected chi connectivity index (χ3v) is 6.60. The molecule has 1 spiro atoms. The van der Waals surface area contributed by atoms with E-state index in [9.17, 15) is 9.18 Å². The number of likely N-dealkylation sites (N-methyl/N-ethyl adjacent to an activating group) is 1. The number of nitrogens with zero attached hydrogens (tertiary/aromatic N) is 2. The van der Waals surface area contributed by atoms with Crippen molar-refractivity contribution in [2.24, 2.45) is 5.41 Å². The van der Waals surface area contributed by atoms with Gasteiger partial charge in [0.2, 0.25) is 0 Å². The van der Waals surface area contributed by atoms with Crippen LogP contribution in [0.25, 0.3) is 0 Å². The quantitative estimate of drug-likeness (QED) is 0.721. The number of benzene rings is 2. The SMILES string of the molecule is CN1CC(c2ccccc2)CC2(CCN(C(=O)c3ccc(Cl)cc3F)CC2)C1. The van der Waals surface area contributed by atoms with Crippen LogP contribution < -0.4 is 0 Å². The Labute approximate surface area is 171 Å². The molecule has 1 atom stereocenters. The van der Waals surface area contributed by atoms with Crippen molar-refractivity contribution in [2.45, 2.75) is 25.2 Å². The van der Waals surface area contributed by atoms with Gasteiger partial charge in [-0.1, -0.05) is 41.9 Å². The Hall–Kier alpha value is -1.91. The molecule has 4 rings (SSSR count). The Bertz CT molecular complexity index is 849. The lowest BCUT2D eigenvalue weighted by Gasteiger charge is -2.49. The summed E-state index contributed by atoms with van der Waals surface area (Å²) in [5.41, 5.74) is 1.74. The van der Waals surface area contributed by atoms with Crippen molar-refractivity contribution >= 4 is 17.5 Å². The number of halogens is 2. The van der Waals surface area contributed by atoms with E-state index >= 15 is 0 Å². The van der Waals surface area contributed by atoms with Gasteiger partial charge in [-0.3, -0.25) is 4.79 Å². The summed E-state index contributed by atoms with van der Waals surface area (Å²) >= 11 is 5.81. The number of hydrogen-bond acceptors (Lipinski definition) is 2. The molecule has 2 aromatic rings. The standard InChI is InChI=1S/C23H26ClFN2O/c1-26-15-18(17-5-3-2-4-6-17)14-23(16-26)9-11-27(12-10-23)22(28)20-8-7-19(24)13-21(20)25/h2-8,13,18H,9-12,14-16H2,1H3. The molecule has 0 radical (unpaired) electrons. The lowest BCUT2D eigenvalue weighted by Crippen LogP contribution is -2.51. The van der Waals surface area contributed by atoms with E-state index in [4.69, 9.17) is 11.6 Å². The maximum Gasteiger partial charge on any atom is 0.256 e. The zero-order chi connectivity index (χ0) is 19.7. The number of carbonyl (C=O) groups excluding carboxylic acids is 1. The van der Waals surface area contributed by atoms with Crippen LogP contribution in [-0.4, -0.2) is 48.9 Å². The second-order valence-electron chi connectivity index (χ2n) is 8.42. The van der Waals surface area contributed by atoms with Crippen molar-refractivity contribution in [3.63, 3.8) is 0 Å². The minimum absolute atomic E-state index is 0.114. The third-order valence-electron chi connectivity index (χ3n) is 6.36. The molecule has 2 fully saturated rings. The third kappa shape index (κ3) is 3.94. The second-order valence-corrected chi connectivity index (χ2v) is 8.86. The van der Waals surface area contributed by atoms with E-state index in [0.29, 0.717) is 24.0 Å². The topological polar surface area (TPSA) is 23.6 Å². The molecule has 2 saturated heterocycles. The van der Waals surface area contributed by atoms with E-state index in [-0.39, 0.29) is 16.9 Å². The molecule has 2 heterocycles. The molecule has 0 N–H and O–H groups in total. The van der Waals surface area contributed by atoms with Crippen LogP contribution in [0.1, 0.15) is 41.1 Å². The second kappa shape index (κ2) is 7.84. The van der Waals surface area contributed by atoms with Gasteiger partial charge in [0.05, 0.1) is 5.56 Å². The number of piperidine rings is 2. The van der Waals surface area contributed by atoms with Crippen molar-refractivity contribution in [3.8, 4) is 0 Å². The summed E-state index contributed by atoms with van der Waals surface area (Å²) in [6.07, 6.45) is 3.07. The van der Waals surface area contributed by atoms with Crippen LogP contribution in [0, 0.1) is 11.2 Å². The maximum atomic E-state index is 14.2. The zero-order valence-corrected chi connectivity index (χ0v) is 17.0. The fraction of sp³-hybridized carbons (Fsp3) is 0.435. The number of hydrogen-bond donors (Lipinski definition) is 0. The summed E-state index contributed by atoms with van der Waals surface area (Å²) in [4.78, 5) is 17.0. The summed E-state index contributed by atoms with van der Waals surface area (Å²) in [5.74, 6) is -0.247. The van der Waals surface area contributed by atoms with E-state index in [1.807, 2.05) is 0 Å². The number of rotatable bonds is 2. The minimum Gasteiger partial charge on any atom is -0.339 e. The van der Waals surface area contributed by atoms with Crippen LogP contribution in [0.15, 0.2) is 48.5 Å². The van der Waals surface area contributed by atoms with Crippen molar-refractivity contribution in [1.29, 1.82) is 0 Å². The van der Waals surface area contributed by atoms with Crippen LogP contribution in [0.4, 0.5) is 4.39 Å². The molecule has 1 amide bonds. The van der Waals surface area contributed by atoms with Gasteiger partial charge in [0, 0.05) is 31.2 Å².